The molecule has 4 aliphatic rings. The van der Waals surface area contributed by atoms with Crippen LogP contribution in [0.2, 0.25) is 0 Å². The lowest BCUT2D eigenvalue weighted by molar-refractivity contribution is -0.145. The molecule has 1 amide bonds. The fourth-order valence-electron chi connectivity index (χ4n) is 6.23. The maximum atomic E-state index is 12.8. The van der Waals surface area contributed by atoms with Crippen LogP contribution < -0.4 is 0 Å². The molecule has 3 fully saturated rings. The molecule has 2 aliphatic carbocycles. The smallest absolute Gasteiger partial charge is 0.311 e. The lowest BCUT2D eigenvalue weighted by Gasteiger charge is -2.46. The molecule has 5 atom stereocenters. The number of esters is 1. The molecule has 0 spiro atoms. The average Bonchev–Trinajstić information content (AvgIpc) is 3.35. The monoisotopic (exact) mass is 412 g/mol. The first-order valence-corrected chi connectivity index (χ1v) is 11.4. The number of carbonyl (C=O) groups excluding carboxylic acids is 2. The zero-order valence-electron chi connectivity index (χ0n) is 18.0. The van der Waals surface area contributed by atoms with Crippen LogP contribution in [0.3, 0.4) is 0 Å². The van der Waals surface area contributed by atoms with Crippen molar-refractivity contribution in [3.8, 4) is 0 Å². The van der Waals surface area contributed by atoms with Gasteiger partial charge in [-0.25, -0.2) is 0 Å². The van der Waals surface area contributed by atoms with Crippen molar-refractivity contribution >= 4 is 11.9 Å². The van der Waals surface area contributed by atoms with E-state index in [9.17, 15) is 9.59 Å². The lowest BCUT2D eigenvalue weighted by Crippen LogP contribution is -2.50. The largest absolute Gasteiger partial charge is 0.461 e. The summed E-state index contributed by atoms with van der Waals surface area (Å²) in [5.74, 6) is 1.02. The fourth-order valence-corrected chi connectivity index (χ4v) is 6.23. The lowest BCUT2D eigenvalue weighted by atomic mass is 9.59. The van der Waals surface area contributed by atoms with Gasteiger partial charge in [0.1, 0.15) is 6.10 Å². The number of furan rings is 1. The summed E-state index contributed by atoms with van der Waals surface area (Å²) < 4.78 is 11.1. The third kappa shape index (κ3) is 3.39. The van der Waals surface area contributed by atoms with E-state index in [4.69, 9.17) is 9.15 Å². The molecule has 0 bridgehead atoms. The molecule has 1 aromatic rings. The molecule has 30 heavy (non-hydrogen) atoms. The Hall–Kier alpha value is -2.08. The second-order valence-electron chi connectivity index (χ2n) is 9.91. The highest BCUT2D eigenvalue weighted by atomic mass is 16.6. The van der Waals surface area contributed by atoms with E-state index in [-0.39, 0.29) is 35.2 Å². The Morgan fingerprint density at radius 2 is 2.07 bits per heavy atom. The molecule has 2 aliphatic heterocycles. The van der Waals surface area contributed by atoms with Gasteiger partial charge in [-0.3, -0.25) is 14.5 Å². The van der Waals surface area contributed by atoms with Crippen molar-refractivity contribution in [3.63, 3.8) is 0 Å². The molecule has 162 valence electrons. The molecular weight excluding hydrogens is 380 g/mol. The quantitative estimate of drug-likeness (QED) is 0.563. The fraction of sp³-hybridized carbons (Fsp3) is 0.667. The highest BCUT2D eigenvalue weighted by molar-refractivity contribution is 5.91. The number of hydrogen-bond acceptors (Lipinski definition) is 5. The van der Waals surface area contributed by atoms with E-state index in [2.05, 4.69) is 24.8 Å². The molecule has 0 radical (unpaired) electrons. The number of carbonyl (C=O) groups is 2. The Labute approximate surface area is 178 Å². The Morgan fingerprint density at radius 1 is 1.27 bits per heavy atom. The second-order valence-corrected chi connectivity index (χ2v) is 9.91. The summed E-state index contributed by atoms with van der Waals surface area (Å²) in [6, 6.07) is 3.45. The molecule has 5 rings (SSSR count). The Balaban J connectivity index is 1.25. The maximum absolute atomic E-state index is 12.8. The summed E-state index contributed by atoms with van der Waals surface area (Å²) in [5.41, 5.74) is 1.76. The Morgan fingerprint density at radius 3 is 2.80 bits per heavy atom. The first-order chi connectivity index (χ1) is 14.4. The topological polar surface area (TPSA) is 63.0 Å². The van der Waals surface area contributed by atoms with Crippen molar-refractivity contribution in [2.45, 2.75) is 45.6 Å². The highest BCUT2D eigenvalue weighted by Crippen LogP contribution is 2.54. The van der Waals surface area contributed by atoms with Crippen LogP contribution >= 0.6 is 0 Å². The SMILES string of the molecule is C[C@H]1CCC[C@]2(C)C[C@H]3OC(=O)[C@H](CN4CCN(C(=O)c5ccco5)CC4)[C@H]3C=C12. The van der Waals surface area contributed by atoms with E-state index < -0.39 is 0 Å². The number of fused-ring (bicyclic) bond motifs is 2. The number of nitrogens with zero attached hydrogens (tertiary/aromatic N) is 2. The molecule has 0 N–H and O–H groups in total. The predicted molar refractivity (Wildman–Crippen MR) is 112 cm³/mol. The molecule has 0 aromatic carbocycles. The van der Waals surface area contributed by atoms with Crippen LogP contribution in [-0.4, -0.2) is 60.5 Å². The minimum absolute atomic E-state index is 0.0309. The van der Waals surface area contributed by atoms with Gasteiger partial charge in [-0.1, -0.05) is 31.9 Å². The number of allylic oxidation sites excluding steroid dienone is 1. The zero-order chi connectivity index (χ0) is 20.9. The molecular formula is C24H32N2O4. The van der Waals surface area contributed by atoms with Gasteiger partial charge in [0.05, 0.1) is 12.2 Å². The van der Waals surface area contributed by atoms with E-state index >= 15 is 0 Å². The van der Waals surface area contributed by atoms with E-state index in [1.807, 2.05) is 4.90 Å². The van der Waals surface area contributed by atoms with Crippen molar-refractivity contribution < 1.29 is 18.7 Å². The van der Waals surface area contributed by atoms with E-state index in [0.29, 0.717) is 24.8 Å². The van der Waals surface area contributed by atoms with Gasteiger partial charge >= 0.3 is 5.97 Å². The summed E-state index contributed by atoms with van der Waals surface area (Å²) in [7, 11) is 0. The van der Waals surface area contributed by atoms with Gasteiger partial charge in [-0.15, -0.1) is 0 Å². The third-order valence-electron chi connectivity index (χ3n) is 7.93. The summed E-state index contributed by atoms with van der Waals surface area (Å²) in [6.07, 6.45) is 8.69. The molecule has 6 heteroatoms. The first kappa shape index (κ1) is 19.9. The van der Waals surface area contributed by atoms with Crippen LogP contribution in [0.15, 0.2) is 34.5 Å². The van der Waals surface area contributed by atoms with E-state index in [0.717, 1.165) is 26.1 Å². The minimum atomic E-state index is -0.0894. The predicted octanol–water partition coefficient (Wildman–Crippen LogP) is 3.35. The summed E-state index contributed by atoms with van der Waals surface area (Å²) >= 11 is 0. The molecule has 0 unspecified atom stereocenters. The zero-order valence-corrected chi connectivity index (χ0v) is 18.0. The van der Waals surface area contributed by atoms with Crippen LogP contribution in [0.1, 0.15) is 50.1 Å². The molecule has 1 saturated carbocycles. The summed E-state index contributed by atoms with van der Waals surface area (Å²) in [4.78, 5) is 29.4. The van der Waals surface area contributed by atoms with Crippen LogP contribution in [0.25, 0.3) is 0 Å². The molecule has 2 saturated heterocycles. The van der Waals surface area contributed by atoms with Gasteiger partial charge in [0.15, 0.2) is 5.76 Å². The Bertz CT molecular complexity index is 839. The van der Waals surface area contributed by atoms with Crippen LogP contribution in [-0.2, 0) is 9.53 Å². The summed E-state index contributed by atoms with van der Waals surface area (Å²) in [6.45, 7) is 8.29. The normalized spacial score (nSPS) is 36.7. The second kappa shape index (κ2) is 7.56. The van der Waals surface area contributed by atoms with Crippen LogP contribution in [0.4, 0.5) is 0 Å². The number of hydrogen-bond donors (Lipinski definition) is 0. The third-order valence-corrected chi connectivity index (χ3v) is 7.93. The molecule has 1 aromatic heterocycles. The van der Waals surface area contributed by atoms with Crippen molar-refractivity contribution in [3.05, 3.63) is 35.8 Å². The minimum Gasteiger partial charge on any atom is -0.461 e. The van der Waals surface area contributed by atoms with Gasteiger partial charge in [-0.2, -0.15) is 0 Å². The van der Waals surface area contributed by atoms with E-state index in [1.54, 1.807) is 17.7 Å². The maximum Gasteiger partial charge on any atom is 0.311 e. The van der Waals surface area contributed by atoms with Gasteiger partial charge in [0.2, 0.25) is 0 Å². The van der Waals surface area contributed by atoms with Crippen molar-refractivity contribution in [2.24, 2.45) is 23.2 Å². The van der Waals surface area contributed by atoms with Gasteiger partial charge < -0.3 is 14.1 Å². The number of ether oxygens (including phenoxy) is 1. The van der Waals surface area contributed by atoms with Crippen molar-refractivity contribution in [2.75, 3.05) is 32.7 Å². The first-order valence-electron chi connectivity index (χ1n) is 11.4. The number of rotatable bonds is 3. The van der Waals surface area contributed by atoms with Crippen LogP contribution in [0, 0.1) is 23.2 Å². The summed E-state index contributed by atoms with van der Waals surface area (Å²) in [5, 5.41) is 0. The van der Waals surface area contributed by atoms with Gasteiger partial charge in [0.25, 0.3) is 5.91 Å². The molecule has 3 heterocycles. The standard InChI is InChI=1S/C24H32N2O4/c1-16-5-3-7-24(2)14-21-17(13-19(16)24)18(23(28)30-21)15-25-8-10-26(11-9-25)22(27)20-6-4-12-29-20/h4,6,12-13,16-18,21H,3,5,7-11,14-15H2,1-2H3/t16-,17+,18+,21+,24+/m0/s1. The van der Waals surface area contributed by atoms with Crippen LogP contribution in [0.5, 0.6) is 0 Å². The van der Waals surface area contributed by atoms with Gasteiger partial charge in [-0.05, 0) is 42.7 Å². The average molecular weight is 413 g/mol. The Kier molecular flexibility index (Phi) is 5.00. The van der Waals surface area contributed by atoms with E-state index in [1.165, 1.54) is 25.5 Å². The number of amides is 1. The van der Waals surface area contributed by atoms with Crippen molar-refractivity contribution in [1.29, 1.82) is 0 Å². The van der Waals surface area contributed by atoms with Crippen molar-refractivity contribution in [1.82, 2.24) is 9.80 Å². The molecule has 6 nitrogen and oxygen atoms in total. The van der Waals surface area contributed by atoms with Gasteiger partial charge in [0, 0.05) is 38.6 Å². The number of piperazine rings is 1. The highest BCUT2D eigenvalue weighted by Gasteiger charge is 2.52.